The van der Waals surface area contributed by atoms with Crippen LogP contribution in [0.4, 0.5) is 4.39 Å². The number of nitrogens with zero attached hydrogens (tertiary/aromatic N) is 4. The van der Waals surface area contributed by atoms with Gasteiger partial charge in [0.15, 0.2) is 5.65 Å². The maximum absolute atomic E-state index is 13.9. The topological polar surface area (TPSA) is 67.1 Å². The molecule has 0 aromatic carbocycles. The van der Waals surface area contributed by atoms with E-state index in [0.29, 0.717) is 16.8 Å². The van der Waals surface area contributed by atoms with E-state index >= 15 is 0 Å². The zero-order valence-electron chi connectivity index (χ0n) is 11.8. The predicted octanol–water partition coefficient (Wildman–Crippen LogP) is 1.16. The summed E-state index contributed by atoms with van der Waals surface area (Å²) in [6, 6.07) is 5.49. The number of piperazine rings is 1. The van der Waals surface area contributed by atoms with Crippen LogP contribution in [0.3, 0.4) is 0 Å². The Bertz CT molecular complexity index is 809. The van der Waals surface area contributed by atoms with Gasteiger partial charge in [0.1, 0.15) is 0 Å². The Hall–Kier alpha value is -2.38. The van der Waals surface area contributed by atoms with Gasteiger partial charge in [-0.2, -0.15) is 9.49 Å². The Morgan fingerprint density at radius 1 is 1.23 bits per heavy atom. The van der Waals surface area contributed by atoms with Crippen LogP contribution >= 0.6 is 0 Å². The molecule has 1 fully saturated rings. The lowest BCUT2D eigenvalue weighted by atomic mass is 10.1. The first-order valence-corrected chi connectivity index (χ1v) is 7.22. The zero-order chi connectivity index (χ0) is 14.9. The van der Waals surface area contributed by atoms with Gasteiger partial charge >= 0.3 is 0 Å². The fraction of sp³-hybridized carbons (Fsp3) is 0.267. The molecule has 1 aliphatic rings. The summed E-state index contributed by atoms with van der Waals surface area (Å²) in [5, 5.41) is 11.0. The quantitative estimate of drug-likeness (QED) is 0.695. The SMILES string of the molecule is Fc1ncccc1-c1cnn2ccc(C3CNCCN3)nc12. The standard InChI is InChI=1S/C15H15FN6/c16-14-10(2-1-4-19-14)11-8-20-22-7-3-12(21-15(11)22)13-9-17-5-6-18-13/h1-4,7-8,13,17-18H,5-6,9H2. The summed E-state index contributed by atoms with van der Waals surface area (Å²) in [6.07, 6.45) is 4.91. The molecule has 4 rings (SSSR count). The summed E-state index contributed by atoms with van der Waals surface area (Å²) in [5.74, 6) is -0.512. The van der Waals surface area contributed by atoms with Crippen molar-refractivity contribution >= 4 is 5.65 Å². The van der Waals surface area contributed by atoms with Crippen LogP contribution in [0.15, 0.2) is 36.8 Å². The largest absolute Gasteiger partial charge is 0.314 e. The summed E-state index contributed by atoms with van der Waals surface area (Å²) >= 11 is 0. The van der Waals surface area contributed by atoms with E-state index in [4.69, 9.17) is 0 Å². The molecule has 3 aromatic heterocycles. The van der Waals surface area contributed by atoms with Crippen LogP contribution in [0.2, 0.25) is 0 Å². The van der Waals surface area contributed by atoms with Gasteiger partial charge in [-0.25, -0.2) is 14.5 Å². The molecule has 2 N–H and O–H groups in total. The highest BCUT2D eigenvalue weighted by atomic mass is 19.1. The fourth-order valence-electron chi connectivity index (χ4n) is 2.72. The molecule has 0 amide bonds. The Morgan fingerprint density at radius 3 is 3.00 bits per heavy atom. The van der Waals surface area contributed by atoms with E-state index in [9.17, 15) is 4.39 Å². The molecule has 22 heavy (non-hydrogen) atoms. The smallest absolute Gasteiger partial charge is 0.220 e. The number of nitrogens with one attached hydrogen (secondary N) is 2. The molecule has 1 saturated heterocycles. The highest BCUT2D eigenvalue weighted by Gasteiger charge is 2.18. The Morgan fingerprint density at radius 2 is 2.18 bits per heavy atom. The Labute approximate surface area is 126 Å². The third-order valence-corrected chi connectivity index (χ3v) is 3.84. The van der Waals surface area contributed by atoms with Gasteiger partial charge in [-0.05, 0) is 18.2 Å². The number of rotatable bonds is 2. The van der Waals surface area contributed by atoms with E-state index < -0.39 is 5.95 Å². The second-order valence-corrected chi connectivity index (χ2v) is 5.23. The number of pyridine rings is 1. The first-order chi connectivity index (χ1) is 10.8. The van der Waals surface area contributed by atoms with Gasteiger partial charge in [-0.1, -0.05) is 0 Å². The first-order valence-electron chi connectivity index (χ1n) is 7.22. The van der Waals surface area contributed by atoms with Gasteiger partial charge in [0.2, 0.25) is 5.95 Å². The van der Waals surface area contributed by atoms with Crippen LogP contribution < -0.4 is 10.6 Å². The van der Waals surface area contributed by atoms with Crippen LogP contribution in [0, 0.1) is 5.95 Å². The van der Waals surface area contributed by atoms with Gasteiger partial charge in [-0.3, -0.25) is 0 Å². The van der Waals surface area contributed by atoms with Crippen molar-refractivity contribution < 1.29 is 4.39 Å². The van der Waals surface area contributed by atoms with Gasteiger partial charge < -0.3 is 10.6 Å². The molecule has 1 atom stereocenters. The average molecular weight is 298 g/mol. The highest BCUT2D eigenvalue weighted by molar-refractivity contribution is 5.76. The van der Waals surface area contributed by atoms with Crippen LogP contribution in [0.1, 0.15) is 11.7 Å². The molecule has 0 spiro atoms. The maximum Gasteiger partial charge on any atom is 0.220 e. The van der Waals surface area contributed by atoms with E-state index in [0.717, 1.165) is 25.3 Å². The van der Waals surface area contributed by atoms with Crippen molar-refractivity contribution in [2.24, 2.45) is 0 Å². The molecular formula is C15H15FN6. The Kier molecular flexibility index (Phi) is 3.28. The molecular weight excluding hydrogens is 283 g/mol. The molecule has 0 bridgehead atoms. The number of hydrogen-bond acceptors (Lipinski definition) is 5. The summed E-state index contributed by atoms with van der Waals surface area (Å²) in [6.45, 7) is 2.69. The molecule has 0 saturated carbocycles. The molecule has 1 aliphatic heterocycles. The maximum atomic E-state index is 13.9. The molecule has 4 heterocycles. The van der Waals surface area contributed by atoms with Crippen LogP contribution in [-0.2, 0) is 0 Å². The average Bonchev–Trinajstić information content (AvgIpc) is 2.99. The fourth-order valence-corrected chi connectivity index (χ4v) is 2.72. The summed E-state index contributed by atoms with van der Waals surface area (Å²) in [7, 11) is 0. The van der Waals surface area contributed by atoms with E-state index in [1.54, 1.807) is 22.8 Å². The number of halogens is 1. The van der Waals surface area contributed by atoms with Crippen molar-refractivity contribution in [1.82, 2.24) is 30.2 Å². The summed E-state index contributed by atoms with van der Waals surface area (Å²) in [4.78, 5) is 8.38. The summed E-state index contributed by atoms with van der Waals surface area (Å²) < 4.78 is 15.6. The minimum absolute atomic E-state index is 0.153. The molecule has 7 heteroatoms. The van der Waals surface area contributed by atoms with Gasteiger partial charge in [-0.15, -0.1) is 0 Å². The number of fused-ring (bicyclic) bond motifs is 1. The van der Waals surface area contributed by atoms with E-state index in [-0.39, 0.29) is 6.04 Å². The lowest BCUT2D eigenvalue weighted by molar-refractivity contribution is 0.423. The minimum Gasteiger partial charge on any atom is -0.314 e. The van der Waals surface area contributed by atoms with E-state index in [2.05, 4.69) is 25.7 Å². The van der Waals surface area contributed by atoms with Gasteiger partial charge in [0, 0.05) is 37.6 Å². The minimum atomic E-state index is -0.512. The zero-order valence-corrected chi connectivity index (χ0v) is 11.8. The van der Waals surface area contributed by atoms with Crippen molar-refractivity contribution in [1.29, 1.82) is 0 Å². The molecule has 112 valence electrons. The monoisotopic (exact) mass is 298 g/mol. The van der Waals surface area contributed by atoms with Crippen LogP contribution in [0.25, 0.3) is 16.8 Å². The van der Waals surface area contributed by atoms with E-state index in [1.807, 2.05) is 12.3 Å². The highest BCUT2D eigenvalue weighted by Crippen LogP contribution is 2.25. The third-order valence-electron chi connectivity index (χ3n) is 3.84. The van der Waals surface area contributed by atoms with Crippen LogP contribution in [0.5, 0.6) is 0 Å². The number of aromatic nitrogens is 4. The number of hydrogen-bond donors (Lipinski definition) is 2. The molecule has 3 aromatic rings. The second kappa shape index (κ2) is 5.43. The molecule has 0 radical (unpaired) electrons. The lowest BCUT2D eigenvalue weighted by Crippen LogP contribution is -2.43. The molecule has 6 nitrogen and oxygen atoms in total. The van der Waals surface area contributed by atoms with Crippen molar-refractivity contribution in [3.63, 3.8) is 0 Å². The second-order valence-electron chi connectivity index (χ2n) is 5.23. The van der Waals surface area contributed by atoms with Crippen molar-refractivity contribution in [3.8, 4) is 11.1 Å². The van der Waals surface area contributed by atoms with Crippen LogP contribution in [-0.4, -0.2) is 39.2 Å². The first kappa shape index (κ1) is 13.3. The summed E-state index contributed by atoms with van der Waals surface area (Å²) in [5.41, 5.74) is 2.62. The molecule has 0 aliphatic carbocycles. The normalized spacial score (nSPS) is 18.7. The Balaban J connectivity index is 1.81. The molecule has 1 unspecified atom stereocenters. The lowest BCUT2D eigenvalue weighted by Gasteiger charge is -2.24. The van der Waals surface area contributed by atoms with E-state index in [1.165, 1.54) is 6.20 Å². The predicted molar refractivity (Wildman–Crippen MR) is 79.8 cm³/mol. The van der Waals surface area contributed by atoms with Crippen molar-refractivity contribution in [2.45, 2.75) is 6.04 Å². The van der Waals surface area contributed by atoms with Gasteiger partial charge in [0.25, 0.3) is 0 Å². The van der Waals surface area contributed by atoms with Gasteiger partial charge in [0.05, 0.1) is 23.5 Å². The van der Waals surface area contributed by atoms with Crippen molar-refractivity contribution in [2.75, 3.05) is 19.6 Å². The third kappa shape index (κ3) is 2.24. The van der Waals surface area contributed by atoms with Crippen molar-refractivity contribution in [3.05, 3.63) is 48.4 Å².